The zero-order valence-electron chi connectivity index (χ0n) is 11.8. The first-order chi connectivity index (χ1) is 9.65. The van der Waals surface area contributed by atoms with Gasteiger partial charge in [0.1, 0.15) is 0 Å². The van der Waals surface area contributed by atoms with E-state index in [-0.39, 0.29) is 0 Å². The molecule has 0 bridgehead atoms. The van der Waals surface area contributed by atoms with Gasteiger partial charge in [0.05, 0.1) is 0 Å². The molecule has 0 aliphatic carbocycles. The number of aromatic nitrogens is 2. The van der Waals surface area contributed by atoms with Gasteiger partial charge in [0.2, 0.25) is 0 Å². The van der Waals surface area contributed by atoms with E-state index in [1.807, 2.05) is 6.07 Å². The molecule has 1 aromatic heterocycles. The second-order valence-electron chi connectivity index (χ2n) is 5.44. The number of nitrogens with zero attached hydrogens (tertiary/aromatic N) is 3. The predicted molar refractivity (Wildman–Crippen MR) is 82.5 cm³/mol. The Morgan fingerprint density at radius 3 is 2.75 bits per heavy atom. The lowest BCUT2D eigenvalue weighted by molar-refractivity contribution is 0.765. The Hall–Kier alpha value is -1.61. The van der Waals surface area contributed by atoms with Gasteiger partial charge in [-0.2, -0.15) is 0 Å². The Kier molecular flexibility index (Phi) is 3.62. The highest BCUT2D eigenvalue weighted by molar-refractivity contribution is 6.29. The molecule has 2 heterocycles. The molecule has 1 fully saturated rings. The molecule has 1 atom stereocenters. The van der Waals surface area contributed by atoms with Crippen LogP contribution in [0.5, 0.6) is 0 Å². The molecule has 0 amide bonds. The van der Waals surface area contributed by atoms with E-state index in [0.717, 1.165) is 25.3 Å². The molecule has 1 unspecified atom stereocenters. The first-order valence-corrected chi connectivity index (χ1v) is 7.33. The van der Waals surface area contributed by atoms with Crippen molar-refractivity contribution in [3.8, 4) is 0 Å². The van der Waals surface area contributed by atoms with Crippen LogP contribution in [0.3, 0.4) is 0 Å². The van der Waals surface area contributed by atoms with E-state index in [1.165, 1.54) is 16.7 Å². The summed E-state index contributed by atoms with van der Waals surface area (Å²) in [5.74, 6) is 1.49. The lowest BCUT2D eigenvalue weighted by Crippen LogP contribution is -2.20. The smallest absolute Gasteiger partial charge is 0.151 e. The Bertz CT molecular complexity index is 610. The van der Waals surface area contributed by atoms with Crippen LogP contribution in [0.2, 0.25) is 5.15 Å². The van der Waals surface area contributed by atoms with Crippen molar-refractivity contribution in [2.24, 2.45) is 0 Å². The lowest BCUT2D eigenvalue weighted by atomic mass is 9.92. The van der Waals surface area contributed by atoms with Crippen LogP contribution in [-0.4, -0.2) is 23.3 Å². The second-order valence-corrected chi connectivity index (χ2v) is 5.82. The van der Waals surface area contributed by atoms with Crippen LogP contribution in [0.25, 0.3) is 0 Å². The van der Waals surface area contributed by atoms with Crippen molar-refractivity contribution in [1.29, 1.82) is 0 Å². The molecular formula is C16H18ClN3. The van der Waals surface area contributed by atoms with Crippen molar-refractivity contribution < 1.29 is 0 Å². The maximum absolute atomic E-state index is 5.79. The first-order valence-electron chi connectivity index (χ1n) is 6.95. The summed E-state index contributed by atoms with van der Waals surface area (Å²) in [5, 5.41) is 8.54. The van der Waals surface area contributed by atoms with Crippen LogP contribution in [0, 0.1) is 13.8 Å². The van der Waals surface area contributed by atoms with Gasteiger partial charge in [-0.05, 0) is 49.1 Å². The third kappa shape index (κ3) is 2.50. The van der Waals surface area contributed by atoms with Gasteiger partial charge in [-0.1, -0.05) is 29.8 Å². The van der Waals surface area contributed by atoms with Gasteiger partial charge < -0.3 is 4.90 Å². The Morgan fingerprint density at radius 2 is 2.00 bits per heavy atom. The third-order valence-corrected chi connectivity index (χ3v) is 4.42. The number of halogens is 1. The summed E-state index contributed by atoms with van der Waals surface area (Å²) in [6.45, 7) is 6.42. The third-order valence-electron chi connectivity index (χ3n) is 4.22. The van der Waals surface area contributed by atoms with Crippen LogP contribution < -0.4 is 4.90 Å². The van der Waals surface area contributed by atoms with Crippen LogP contribution in [-0.2, 0) is 0 Å². The fourth-order valence-electron chi connectivity index (χ4n) is 2.92. The molecule has 3 rings (SSSR count). The van der Waals surface area contributed by atoms with Crippen LogP contribution in [0.15, 0.2) is 30.3 Å². The Balaban J connectivity index is 1.80. The quantitative estimate of drug-likeness (QED) is 0.842. The lowest BCUT2D eigenvalue weighted by Gasteiger charge is -2.18. The highest BCUT2D eigenvalue weighted by Crippen LogP contribution is 2.32. The Morgan fingerprint density at radius 1 is 1.15 bits per heavy atom. The Labute approximate surface area is 124 Å². The summed E-state index contributed by atoms with van der Waals surface area (Å²) in [7, 11) is 0. The summed E-state index contributed by atoms with van der Waals surface area (Å²) >= 11 is 5.79. The van der Waals surface area contributed by atoms with Crippen LogP contribution in [0.4, 0.5) is 5.82 Å². The minimum absolute atomic E-state index is 0.444. The summed E-state index contributed by atoms with van der Waals surface area (Å²) in [4.78, 5) is 2.29. The van der Waals surface area contributed by atoms with Crippen molar-refractivity contribution in [3.63, 3.8) is 0 Å². The van der Waals surface area contributed by atoms with E-state index >= 15 is 0 Å². The number of rotatable bonds is 2. The molecule has 4 heteroatoms. The summed E-state index contributed by atoms with van der Waals surface area (Å²) < 4.78 is 0. The van der Waals surface area contributed by atoms with Crippen molar-refractivity contribution in [3.05, 3.63) is 52.2 Å². The average Bonchev–Trinajstić information content (AvgIpc) is 2.92. The van der Waals surface area contributed by atoms with E-state index in [1.54, 1.807) is 6.07 Å². The minimum atomic E-state index is 0.444. The summed E-state index contributed by atoms with van der Waals surface area (Å²) in [6, 6.07) is 10.3. The number of hydrogen-bond acceptors (Lipinski definition) is 3. The second kappa shape index (κ2) is 5.41. The molecule has 20 heavy (non-hydrogen) atoms. The van der Waals surface area contributed by atoms with Crippen LogP contribution in [0.1, 0.15) is 29.0 Å². The average molecular weight is 288 g/mol. The highest BCUT2D eigenvalue weighted by Gasteiger charge is 2.26. The maximum atomic E-state index is 5.79. The van der Waals surface area contributed by atoms with Gasteiger partial charge in [0.15, 0.2) is 11.0 Å². The van der Waals surface area contributed by atoms with Crippen LogP contribution >= 0.6 is 11.6 Å². The molecular weight excluding hydrogens is 270 g/mol. The zero-order chi connectivity index (χ0) is 14.1. The van der Waals surface area contributed by atoms with Gasteiger partial charge in [0, 0.05) is 19.0 Å². The monoisotopic (exact) mass is 287 g/mol. The largest absolute Gasteiger partial charge is 0.354 e. The van der Waals surface area contributed by atoms with Crippen molar-refractivity contribution in [2.75, 3.05) is 18.0 Å². The number of benzene rings is 1. The van der Waals surface area contributed by atoms with E-state index in [0.29, 0.717) is 11.1 Å². The van der Waals surface area contributed by atoms with Gasteiger partial charge in [-0.3, -0.25) is 0 Å². The molecule has 2 aromatic rings. The molecule has 3 nitrogen and oxygen atoms in total. The van der Waals surface area contributed by atoms with Gasteiger partial charge in [0.25, 0.3) is 0 Å². The fraction of sp³-hybridized carbons (Fsp3) is 0.375. The van der Waals surface area contributed by atoms with E-state index in [9.17, 15) is 0 Å². The van der Waals surface area contributed by atoms with Gasteiger partial charge in [-0.25, -0.2) is 0 Å². The fourth-order valence-corrected chi connectivity index (χ4v) is 3.02. The van der Waals surface area contributed by atoms with Gasteiger partial charge in [-0.15, -0.1) is 10.2 Å². The van der Waals surface area contributed by atoms with Crippen molar-refractivity contribution >= 4 is 17.4 Å². The molecule has 0 spiro atoms. The molecule has 0 N–H and O–H groups in total. The van der Waals surface area contributed by atoms with E-state index < -0.39 is 0 Å². The number of anilines is 1. The van der Waals surface area contributed by atoms with Gasteiger partial charge >= 0.3 is 0 Å². The zero-order valence-corrected chi connectivity index (χ0v) is 12.6. The first kappa shape index (κ1) is 13.4. The standard InChI is InChI=1S/C16H18ClN3/c1-11-4-3-5-14(12(11)2)13-8-9-20(10-13)16-7-6-15(17)18-19-16/h3-7,13H,8-10H2,1-2H3. The molecule has 0 radical (unpaired) electrons. The predicted octanol–water partition coefficient (Wildman–Crippen LogP) is 3.74. The van der Waals surface area contributed by atoms with E-state index in [4.69, 9.17) is 11.6 Å². The maximum Gasteiger partial charge on any atom is 0.151 e. The van der Waals surface area contributed by atoms with Crippen molar-refractivity contribution in [2.45, 2.75) is 26.2 Å². The molecule has 1 aliphatic rings. The number of aryl methyl sites for hydroxylation is 1. The molecule has 1 aromatic carbocycles. The molecule has 1 saturated heterocycles. The SMILES string of the molecule is Cc1cccc(C2CCN(c3ccc(Cl)nn3)C2)c1C. The molecule has 1 aliphatic heterocycles. The summed E-state index contributed by atoms with van der Waals surface area (Å²) in [5.41, 5.74) is 4.25. The van der Waals surface area contributed by atoms with E-state index in [2.05, 4.69) is 47.1 Å². The van der Waals surface area contributed by atoms with Crippen molar-refractivity contribution in [1.82, 2.24) is 10.2 Å². The highest BCUT2D eigenvalue weighted by atomic mass is 35.5. The summed E-state index contributed by atoms with van der Waals surface area (Å²) in [6.07, 6.45) is 1.16. The molecule has 104 valence electrons. The minimum Gasteiger partial charge on any atom is -0.354 e. The number of hydrogen-bond donors (Lipinski definition) is 0. The normalized spacial score (nSPS) is 18.6. The molecule has 0 saturated carbocycles. The topological polar surface area (TPSA) is 29.0 Å².